The third-order valence-corrected chi connectivity index (χ3v) is 3.88. The molecule has 1 aliphatic rings. The molecule has 0 spiro atoms. The van der Waals surface area contributed by atoms with Gasteiger partial charge in [-0.3, -0.25) is 4.68 Å². The minimum atomic E-state index is -0.376. The Morgan fingerprint density at radius 3 is 2.76 bits per heavy atom. The molecule has 0 radical (unpaired) electrons. The number of methoxy groups -OCH3 is 1. The van der Waals surface area contributed by atoms with Crippen molar-refractivity contribution in [3.63, 3.8) is 0 Å². The van der Waals surface area contributed by atoms with Crippen LogP contribution in [0.1, 0.15) is 35.8 Å². The maximum absolute atomic E-state index is 11.7. The van der Waals surface area contributed by atoms with Crippen LogP contribution in [0.4, 0.5) is 0 Å². The third kappa shape index (κ3) is 1.74. The quantitative estimate of drug-likeness (QED) is 0.793. The summed E-state index contributed by atoms with van der Waals surface area (Å²) in [6.07, 6.45) is 1.90. The molecule has 1 aromatic rings. The summed E-state index contributed by atoms with van der Waals surface area (Å²) in [5, 5.41) is 4.18. The van der Waals surface area contributed by atoms with E-state index in [2.05, 4.69) is 18.9 Å². The SMILES string of the molecule is COC(=O)c1nn(C)cc1[C@@H]1[C@@H](CN)C1(C)C. The summed E-state index contributed by atoms with van der Waals surface area (Å²) in [7, 11) is 3.18. The van der Waals surface area contributed by atoms with Crippen LogP contribution in [0.25, 0.3) is 0 Å². The Morgan fingerprint density at radius 1 is 1.65 bits per heavy atom. The van der Waals surface area contributed by atoms with Gasteiger partial charge >= 0.3 is 5.97 Å². The van der Waals surface area contributed by atoms with Crippen LogP contribution in [-0.4, -0.2) is 29.4 Å². The normalized spacial score (nSPS) is 25.7. The molecule has 0 unspecified atom stereocenters. The molecule has 2 atom stereocenters. The van der Waals surface area contributed by atoms with E-state index < -0.39 is 0 Å². The highest BCUT2D eigenvalue weighted by atomic mass is 16.5. The van der Waals surface area contributed by atoms with E-state index in [1.165, 1.54) is 7.11 Å². The second-order valence-electron chi connectivity index (χ2n) is 5.24. The Hall–Kier alpha value is -1.36. The molecule has 1 aliphatic carbocycles. The van der Waals surface area contributed by atoms with E-state index in [1.54, 1.807) is 4.68 Å². The average molecular weight is 237 g/mol. The molecule has 94 valence electrons. The molecule has 0 bridgehead atoms. The third-order valence-electron chi connectivity index (χ3n) is 3.88. The standard InChI is InChI=1S/C12H19N3O2/c1-12(2)8(5-13)9(12)7-6-15(3)14-10(7)11(16)17-4/h6,8-9H,5,13H2,1-4H3/t8-,9-/m1/s1. The molecule has 0 aliphatic heterocycles. The predicted molar refractivity (Wildman–Crippen MR) is 63.6 cm³/mol. The van der Waals surface area contributed by atoms with Gasteiger partial charge in [-0.15, -0.1) is 0 Å². The summed E-state index contributed by atoms with van der Waals surface area (Å²) >= 11 is 0. The largest absolute Gasteiger partial charge is 0.464 e. The number of nitrogens with zero attached hydrogens (tertiary/aromatic N) is 2. The second kappa shape index (κ2) is 3.84. The van der Waals surface area contributed by atoms with Crippen LogP contribution in [0, 0.1) is 11.3 Å². The Morgan fingerprint density at radius 2 is 2.29 bits per heavy atom. The van der Waals surface area contributed by atoms with Crippen molar-refractivity contribution >= 4 is 5.97 Å². The topological polar surface area (TPSA) is 70.1 Å². The van der Waals surface area contributed by atoms with E-state index in [9.17, 15) is 4.79 Å². The van der Waals surface area contributed by atoms with Crippen molar-refractivity contribution in [2.45, 2.75) is 19.8 Å². The van der Waals surface area contributed by atoms with Crippen molar-refractivity contribution in [1.29, 1.82) is 0 Å². The van der Waals surface area contributed by atoms with Gasteiger partial charge in [0.25, 0.3) is 0 Å². The van der Waals surface area contributed by atoms with Gasteiger partial charge in [-0.1, -0.05) is 13.8 Å². The molecule has 1 fully saturated rings. The summed E-state index contributed by atoms with van der Waals surface area (Å²) in [5.41, 5.74) is 7.28. The zero-order valence-electron chi connectivity index (χ0n) is 10.7. The Kier molecular flexibility index (Phi) is 2.73. The van der Waals surface area contributed by atoms with Crippen LogP contribution >= 0.6 is 0 Å². The molecule has 2 N–H and O–H groups in total. The van der Waals surface area contributed by atoms with Crippen molar-refractivity contribution < 1.29 is 9.53 Å². The van der Waals surface area contributed by atoms with Crippen molar-refractivity contribution in [3.05, 3.63) is 17.5 Å². The number of carbonyl (C=O) groups excluding carboxylic acids is 1. The van der Waals surface area contributed by atoms with Crippen LogP contribution in [0.3, 0.4) is 0 Å². The Labute approximate surface area is 101 Å². The minimum absolute atomic E-state index is 0.139. The Balaban J connectivity index is 2.37. The number of aromatic nitrogens is 2. The summed E-state index contributed by atoms with van der Waals surface area (Å²) in [6.45, 7) is 4.97. The first kappa shape index (κ1) is 12.1. The van der Waals surface area contributed by atoms with Gasteiger partial charge in [-0.2, -0.15) is 5.10 Å². The lowest BCUT2D eigenvalue weighted by atomic mass is 10.0. The van der Waals surface area contributed by atoms with Gasteiger partial charge in [0, 0.05) is 18.8 Å². The molecule has 0 amide bonds. The number of carbonyl (C=O) groups is 1. The molecular formula is C12H19N3O2. The van der Waals surface area contributed by atoms with Gasteiger partial charge in [-0.25, -0.2) is 4.79 Å². The monoisotopic (exact) mass is 237 g/mol. The van der Waals surface area contributed by atoms with E-state index in [0.717, 1.165) is 5.56 Å². The number of nitrogens with two attached hydrogens (primary N) is 1. The van der Waals surface area contributed by atoms with Crippen molar-refractivity contribution in [2.75, 3.05) is 13.7 Å². The van der Waals surface area contributed by atoms with Crippen LogP contribution in [0.15, 0.2) is 6.20 Å². The second-order valence-corrected chi connectivity index (χ2v) is 5.24. The summed E-state index contributed by atoms with van der Waals surface area (Å²) in [4.78, 5) is 11.7. The van der Waals surface area contributed by atoms with E-state index in [0.29, 0.717) is 24.1 Å². The Bertz CT molecular complexity index is 451. The predicted octanol–water partition coefficient (Wildman–Crippen LogP) is 0.905. The smallest absolute Gasteiger partial charge is 0.358 e. The number of rotatable bonds is 3. The maximum atomic E-state index is 11.7. The van der Waals surface area contributed by atoms with Crippen molar-refractivity contribution in [3.8, 4) is 0 Å². The first-order chi connectivity index (χ1) is 7.93. The fourth-order valence-electron chi connectivity index (χ4n) is 2.79. The zero-order valence-corrected chi connectivity index (χ0v) is 10.7. The molecule has 5 nitrogen and oxygen atoms in total. The number of esters is 1. The maximum Gasteiger partial charge on any atom is 0.358 e. The van der Waals surface area contributed by atoms with Crippen molar-refractivity contribution in [1.82, 2.24) is 9.78 Å². The average Bonchev–Trinajstić information content (AvgIpc) is 2.63. The van der Waals surface area contributed by atoms with E-state index >= 15 is 0 Å². The summed E-state index contributed by atoms with van der Waals surface area (Å²) < 4.78 is 6.42. The molecule has 0 aromatic carbocycles. The highest BCUT2D eigenvalue weighted by Crippen LogP contribution is 2.64. The minimum Gasteiger partial charge on any atom is -0.464 e. The summed E-state index contributed by atoms with van der Waals surface area (Å²) in [6, 6.07) is 0. The first-order valence-electron chi connectivity index (χ1n) is 5.75. The highest BCUT2D eigenvalue weighted by molar-refractivity contribution is 5.89. The van der Waals surface area contributed by atoms with E-state index in [-0.39, 0.29) is 11.4 Å². The van der Waals surface area contributed by atoms with Crippen molar-refractivity contribution in [2.24, 2.45) is 24.1 Å². The molecular weight excluding hydrogens is 218 g/mol. The summed E-state index contributed by atoms with van der Waals surface area (Å²) in [5.74, 6) is 0.337. The lowest BCUT2D eigenvalue weighted by molar-refractivity contribution is 0.0591. The van der Waals surface area contributed by atoms with Gasteiger partial charge < -0.3 is 10.5 Å². The molecule has 1 saturated carbocycles. The lowest BCUT2D eigenvalue weighted by Crippen LogP contribution is -2.07. The van der Waals surface area contributed by atoms with Crippen LogP contribution in [-0.2, 0) is 11.8 Å². The van der Waals surface area contributed by atoms with Gasteiger partial charge in [-0.05, 0) is 23.8 Å². The molecule has 0 saturated heterocycles. The molecule has 1 heterocycles. The fourth-order valence-corrected chi connectivity index (χ4v) is 2.79. The van der Waals surface area contributed by atoms with Gasteiger partial charge in [0.05, 0.1) is 7.11 Å². The highest BCUT2D eigenvalue weighted by Gasteiger charge is 2.58. The molecule has 17 heavy (non-hydrogen) atoms. The lowest BCUT2D eigenvalue weighted by Gasteiger charge is -2.02. The molecule has 5 heteroatoms. The van der Waals surface area contributed by atoms with Gasteiger partial charge in [0.2, 0.25) is 0 Å². The number of hydrogen-bond acceptors (Lipinski definition) is 4. The van der Waals surface area contributed by atoms with Gasteiger partial charge in [0.15, 0.2) is 5.69 Å². The van der Waals surface area contributed by atoms with Gasteiger partial charge in [0.1, 0.15) is 0 Å². The fraction of sp³-hybridized carbons (Fsp3) is 0.667. The number of hydrogen-bond donors (Lipinski definition) is 1. The molecule has 1 aromatic heterocycles. The zero-order chi connectivity index (χ0) is 12.8. The van der Waals surface area contributed by atoms with Crippen LogP contribution in [0.2, 0.25) is 0 Å². The number of ether oxygens (including phenoxy) is 1. The van der Waals surface area contributed by atoms with E-state index in [1.807, 2.05) is 13.2 Å². The van der Waals surface area contributed by atoms with E-state index in [4.69, 9.17) is 10.5 Å². The number of aryl methyl sites for hydroxylation is 1. The first-order valence-corrected chi connectivity index (χ1v) is 5.75. The van der Waals surface area contributed by atoms with Crippen LogP contribution in [0.5, 0.6) is 0 Å². The van der Waals surface area contributed by atoms with Crippen LogP contribution < -0.4 is 5.73 Å². The molecule has 2 rings (SSSR count).